The quantitative estimate of drug-likeness (QED) is 0.455. The maximum atomic E-state index is 13.8. The molecule has 3 atom stereocenters. The van der Waals surface area contributed by atoms with Crippen molar-refractivity contribution in [1.29, 1.82) is 0 Å². The molecule has 5 rings (SSSR count). The summed E-state index contributed by atoms with van der Waals surface area (Å²) in [5.74, 6) is 0.663. The van der Waals surface area contributed by atoms with E-state index in [1.54, 1.807) is 7.11 Å². The van der Waals surface area contributed by atoms with Gasteiger partial charge in [-0.05, 0) is 73.7 Å². The van der Waals surface area contributed by atoms with Crippen molar-refractivity contribution in [2.24, 2.45) is 5.92 Å². The van der Waals surface area contributed by atoms with Gasteiger partial charge in [-0.2, -0.15) is 0 Å². The number of carbonyl (C=O) groups is 1. The van der Waals surface area contributed by atoms with Crippen LogP contribution < -0.4 is 25.0 Å². The number of para-hydroxylation sites is 1. The van der Waals surface area contributed by atoms with Crippen LogP contribution in [-0.2, 0) is 4.79 Å². The fourth-order valence-electron chi connectivity index (χ4n) is 4.61. The standard InChI is InChI=1S/C25H22BrN3O3S/c1-25-21(23(30)27-16-9-11-18(31-2)12-10-16)22(19-14-15(26)8-13-20(19)32-25)28-24(33)29(25)17-6-4-3-5-7-17/h3-14,21-22H,1-2H3,(H,27,30)(H,28,33)/t21-,22-,25-/m1/s1. The fourth-order valence-corrected chi connectivity index (χ4v) is 5.41. The molecule has 3 aromatic carbocycles. The Labute approximate surface area is 206 Å². The minimum absolute atomic E-state index is 0.172. The molecule has 1 amide bonds. The molecule has 1 saturated heterocycles. The molecule has 2 aliphatic heterocycles. The van der Waals surface area contributed by atoms with Crippen molar-refractivity contribution in [3.8, 4) is 11.5 Å². The van der Waals surface area contributed by atoms with Gasteiger partial charge in [0.05, 0.1) is 13.2 Å². The topological polar surface area (TPSA) is 62.8 Å². The van der Waals surface area contributed by atoms with Crippen LogP contribution >= 0.6 is 28.1 Å². The van der Waals surface area contributed by atoms with Gasteiger partial charge in [-0.25, -0.2) is 0 Å². The summed E-state index contributed by atoms with van der Waals surface area (Å²) in [6.07, 6.45) is 0. The maximum absolute atomic E-state index is 13.8. The molecule has 2 aliphatic rings. The number of amides is 1. The van der Waals surface area contributed by atoms with Crippen LogP contribution in [0.1, 0.15) is 18.5 Å². The number of ether oxygens (including phenoxy) is 2. The average Bonchev–Trinajstić information content (AvgIpc) is 2.80. The van der Waals surface area contributed by atoms with Crippen molar-refractivity contribution < 1.29 is 14.3 Å². The Balaban J connectivity index is 1.59. The van der Waals surface area contributed by atoms with Gasteiger partial charge in [0.2, 0.25) is 5.91 Å². The van der Waals surface area contributed by atoms with Gasteiger partial charge in [0.25, 0.3) is 0 Å². The van der Waals surface area contributed by atoms with Crippen LogP contribution in [0, 0.1) is 5.92 Å². The lowest BCUT2D eigenvalue weighted by Crippen LogP contribution is -2.72. The first-order chi connectivity index (χ1) is 15.9. The summed E-state index contributed by atoms with van der Waals surface area (Å²) in [5.41, 5.74) is 1.35. The van der Waals surface area contributed by atoms with Crippen molar-refractivity contribution >= 4 is 50.5 Å². The Morgan fingerprint density at radius 1 is 1.15 bits per heavy atom. The SMILES string of the molecule is COc1ccc(NC(=O)[C@H]2[C@@H]3NC(=S)N(c4ccccc4)[C@]2(C)Oc2ccc(Br)cc23)cc1. The second kappa shape index (κ2) is 8.35. The Morgan fingerprint density at radius 2 is 1.88 bits per heavy atom. The lowest BCUT2D eigenvalue weighted by molar-refractivity contribution is -0.130. The molecule has 2 N–H and O–H groups in total. The highest BCUT2D eigenvalue weighted by atomic mass is 79.9. The summed E-state index contributed by atoms with van der Waals surface area (Å²) in [7, 11) is 1.61. The number of methoxy groups -OCH3 is 1. The molecule has 0 radical (unpaired) electrons. The second-order valence-corrected chi connectivity index (χ2v) is 9.43. The number of fused-ring (bicyclic) bond motifs is 4. The summed E-state index contributed by atoms with van der Waals surface area (Å²) >= 11 is 9.31. The van der Waals surface area contributed by atoms with Crippen molar-refractivity contribution in [1.82, 2.24) is 5.32 Å². The molecule has 0 unspecified atom stereocenters. The van der Waals surface area contributed by atoms with E-state index in [1.165, 1.54) is 0 Å². The molecule has 6 nitrogen and oxygen atoms in total. The number of nitrogens with one attached hydrogen (secondary N) is 2. The van der Waals surface area contributed by atoms with Crippen molar-refractivity contribution in [3.63, 3.8) is 0 Å². The zero-order valence-corrected chi connectivity index (χ0v) is 20.4. The number of anilines is 2. The Hall–Kier alpha value is -3.10. The summed E-state index contributed by atoms with van der Waals surface area (Å²) in [4.78, 5) is 15.7. The summed E-state index contributed by atoms with van der Waals surface area (Å²) in [5, 5.41) is 6.98. The highest BCUT2D eigenvalue weighted by Crippen LogP contribution is 2.50. The van der Waals surface area contributed by atoms with Gasteiger partial charge in [0, 0.05) is 21.4 Å². The van der Waals surface area contributed by atoms with Crippen LogP contribution in [0.5, 0.6) is 11.5 Å². The number of halogens is 1. The van der Waals surface area contributed by atoms with Crippen LogP contribution in [-0.4, -0.2) is 23.9 Å². The molecule has 0 spiro atoms. The lowest BCUT2D eigenvalue weighted by atomic mass is 9.78. The summed E-state index contributed by atoms with van der Waals surface area (Å²) in [6.45, 7) is 1.92. The van der Waals surface area contributed by atoms with Crippen LogP contribution in [0.15, 0.2) is 77.3 Å². The molecule has 0 aromatic heterocycles. The van der Waals surface area contributed by atoms with Gasteiger partial charge < -0.3 is 20.1 Å². The number of carbonyl (C=O) groups excluding carboxylic acids is 1. The highest BCUT2D eigenvalue weighted by molar-refractivity contribution is 9.10. The Kier molecular flexibility index (Phi) is 5.50. The summed E-state index contributed by atoms with van der Waals surface area (Å²) in [6, 6.07) is 22.4. The van der Waals surface area contributed by atoms with Gasteiger partial charge in [-0.3, -0.25) is 9.69 Å². The first-order valence-corrected chi connectivity index (χ1v) is 11.7. The monoisotopic (exact) mass is 523 g/mol. The van der Waals surface area contributed by atoms with E-state index in [0.717, 1.165) is 27.2 Å². The number of hydrogen-bond acceptors (Lipinski definition) is 4. The molecule has 3 aromatic rings. The third kappa shape index (κ3) is 3.73. The molecule has 0 saturated carbocycles. The minimum Gasteiger partial charge on any atom is -0.497 e. The maximum Gasteiger partial charge on any atom is 0.236 e. The van der Waals surface area contributed by atoms with Gasteiger partial charge in [-0.1, -0.05) is 34.1 Å². The van der Waals surface area contributed by atoms with Crippen LogP contribution in [0.3, 0.4) is 0 Å². The molecule has 2 heterocycles. The fraction of sp³-hybridized carbons (Fsp3) is 0.200. The van der Waals surface area contributed by atoms with E-state index in [-0.39, 0.29) is 11.9 Å². The van der Waals surface area contributed by atoms with Gasteiger partial charge in [0.1, 0.15) is 17.4 Å². The van der Waals surface area contributed by atoms with E-state index in [4.69, 9.17) is 21.7 Å². The zero-order valence-electron chi connectivity index (χ0n) is 18.0. The predicted octanol–water partition coefficient (Wildman–Crippen LogP) is 5.26. The van der Waals surface area contributed by atoms with E-state index >= 15 is 0 Å². The molecular weight excluding hydrogens is 502 g/mol. The molecule has 1 fully saturated rings. The van der Waals surface area contributed by atoms with E-state index in [2.05, 4.69) is 26.6 Å². The lowest BCUT2D eigenvalue weighted by Gasteiger charge is -2.56. The van der Waals surface area contributed by atoms with Gasteiger partial charge >= 0.3 is 0 Å². The van der Waals surface area contributed by atoms with Crippen LogP contribution in [0.2, 0.25) is 0 Å². The minimum atomic E-state index is -1.05. The predicted molar refractivity (Wildman–Crippen MR) is 136 cm³/mol. The van der Waals surface area contributed by atoms with Crippen molar-refractivity contribution in [3.05, 3.63) is 82.8 Å². The number of thiocarbonyl (C=S) groups is 1. The number of nitrogens with zero attached hydrogens (tertiary/aromatic N) is 1. The van der Waals surface area contributed by atoms with E-state index < -0.39 is 11.6 Å². The third-order valence-corrected chi connectivity index (χ3v) is 6.91. The number of hydrogen-bond donors (Lipinski definition) is 2. The zero-order chi connectivity index (χ0) is 23.2. The largest absolute Gasteiger partial charge is 0.497 e. The van der Waals surface area contributed by atoms with E-state index in [0.29, 0.717) is 10.8 Å². The molecular formula is C25H22BrN3O3S. The molecule has 168 valence electrons. The first kappa shape index (κ1) is 21.7. The third-order valence-electron chi connectivity index (χ3n) is 6.11. The first-order valence-electron chi connectivity index (χ1n) is 10.5. The van der Waals surface area contributed by atoms with Gasteiger partial charge in [0.15, 0.2) is 10.8 Å². The number of benzene rings is 3. The van der Waals surface area contributed by atoms with Crippen LogP contribution in [0.4, 0.5) is 11.4 Å². The van der Waals surface area contributed by atoms with Crippen molar-refractivity contribution in [2.45, 2.75) is 18.7 Å². The molecule has 0 aliphatic carbocycles. The van der Waals surface area contributed by atoms with Gasteiger partial charge in [-0.15, -0.1) is 0 Å². The molecule has 2 bridgehead atoms. The smallest absolute Gasteiger partial charge is 0.236 e. The normalized spacial score (nSPS) is 23.1. The van der Waals surface area contributed by atoms with E-state index in [9.17, 15) is 4.79 Å². The molecule has 33 heavy (non-hydrogen) atoms. The second-order valence-electron chi connectivity index (χ2n) is 8.13. The Bertz CT molecular complexity index is 1220. The van der Waals surface area contributed by atoms with Crippen molar-refractivity contribution in [2.75, 3.05) is 17.3 Å². The van der Waals surface area contributed by atoms with E-state index in [1.807, 2.05) is 84.6 Å². The summed E-state index contributed by atoms with van der Waals surface area (Å²) < 4.78 is 12.7. The van der Waals surface area contributed by atoms with Crippen LogP contribution in [0.25, 0.3) is 0 Å². The molecule has 8 heteroatoms. The average molecular weight is 524 g/mol. The highest BCUT2D eigenvalue weighted by Gasteiger charge is 2.59. The Morgan fingerprint density at radius 3 is 2.58 bits per heavy atom. The number of rotatable bonds is 4.